The first-order chi connectivity index (χ1) is 16.7. The van der Waals surface area contributed by atoms with Gasteiger partial charge < -0.3 is 15.7 Å². The molecular weight excluding hydrogens is 490 g/mol. The van der Waals surface area contributed by atoms with E-state index in [-0.39, 0.29) is 5.56 Å². The van der Waals surface area contributed by atoms with Crippen LogP contribution in [0.4, 0.5) is 5.13 Å². The molecule has 0 bridgehead atoms. The number of carbonyl (C=O) groups excluding carboxylic acids is 2. The van der Waals surface area contributed by atoms with Crippen LogP contribution < -0.4 is 10.6 Å². The summed E-state index contributed by atoms with van der Waals surface area (Å²) in [5.74, 6) is -1.36. The molecule has 4 aromatic rings. The SMILES string of the molecule is CS(=O)(=O)n1ccc(C(=O)NC(CO)C(=O)Nc2nc(-c3cccc(-c4ccncc4)c3)cs2)c1. The quantitative estimate of drug-likeness (QED) is 0.329. The van der Waals surface area contributed by atoms with Gasteiger partial charge in [0.1, 0.15) is 6.04 Å². The maximum Gasteiger partial charge on any atom is 0.253 e. The third kappa shape index (κ3) is 5.80. The molecule has 0 spiro atoms. The molecular formula is C23H21N5O5S2. The maximum absolute atomic E-state index is 12.6. The predicted molar refractivity (Wildman–Crippen MR) is 132 cm³/mol. The molecule has 4 rings (SSSR count). The van der Waals surface area contributed by atoms with E-state index in [9.17, 15) is 23.1 Å². The Kier molecular flexibility index (Phi) is 7.05. The lowest BCUT2D eigenvalue weighted by Crippen LogP contribution is -2.46. The van der Waals surface area contributed by atoms with E-state index in [1.54, 1.807) is 17.8 Å². The molecule has 0 radical (unpaired) electrons. The summed E-state index contributed by atoms with van der Waals surface area (Å²) in [6, 6.07) is 11.6. The van der Waals surface area contributed by atoms with Crippen LogP contribution in [0.25, 0.3) is 22.4 Å². The Morgan fingerprint density at radius 2 is 1.86 bits per heavy atom. The highest BCUT2D eigenvalue weighted by molar-refractivity contribution is 7.89. The molecule has 1 atom stereocenters. The van der Waals surface area contributed by atoms with Gasteiger partial charge >= 0.3 is 0 Å². The Hall–Kier alpha value is -3.87. The first kappa shape index (κ1) is 24.3. The highest BCUT2D eigenvalue weighted by atomic mass is 32.2. The number of aromatic nitrogens is 3. The lowest BCUT2D eigenvalue weighted by molar-refractivity contribution is -0.118. The summed E-state index contributed by atoms with van der Waals surface area (Å²) < 4.78 is 24.0. The number of thiazole rings is 1. The third-order valence-electron chi connectivity index (χ3n) is 5.02. The summed E-state index contributed by atoms with van der Waals surface area (Å²) in [5.41, 5.74) is 3.56. The number of hydrogen-bond acceptors (Lipinski definition) is 8. The van der Waals surface area contributed by atoms with Gasteiger partial charge in [-0.3, -0.25) is 18.5 Å². The summed E-state index contributed by atoms with van der Waals surface area (Å²) in [6.07, 6.45) is 6.78. The van der Waals surface area contributed by atoms with Crippen LogP contribution in [0.5, 0.6) is 0 Å². The van der Waals surface area contributed by atoms with E-state index < -0.39 is 34.5 Å². The highest BCUT2D eigenvalue weighted by Gasteiger charge is 2.23. The number of aliphatic hydroxyl groups is 1. The first-order valence-electron chi connectivity index (χ1n) is 10.3. The highest BCUT2D eigenvalue weighted by Crippen LogP contribution is 2.28. The van der Waals surface area contributed by atoms with E-state index in [2.05, 4.69) is 20.6 Å². The van der Waals surface area contributed by atoms with Crippen LogP contribution in [-0.4, -0.2) is 58.2 Å². The van der Waals surface area contributed by atoms with Crippen molar-refractivity contribution in [3.63, 3.8) is 0 Å². The third-order valence-corrected chi connectivity index (χ3v) is 6.77. The Labute approximate surface area is 205 Å². The standard InChI is InChI=1S/C23H21N5O5S2/c1-35(32,33)28-10-7-18(12-28)21(30)25-19(13-29)22(31)27-23-26-20(14-34-23)17-4-2-3-16(11-17)15-5-8-24-9-6-15/h2-12,14,19,29H,13H2,1H3,(H,25,30)(H,26,27,31). The van der Waals surface area contributed by atoms with Crippen LogP contribution in [0.15, 0.2) is 72.6 Å². The Balaban J connectivity index is 1.43. The molecule has 3 aromatic heterocycles. The zero-order valence-corrected chi connectivity index (χ0v) is 20.1. The number of aliphatic hydroxyl groups excluding tert-OH is 1. The van der Waals surface area contributed by atoms with Gasteiger partial charge in [0, 0.05) is 35.7 Å². The molecule has 1 aromatic carbocycles. The second-order valence-corrected chi connectivity index (χ2v) is 10.3. The molecule has 0 saturated heterocycles. The van der Waals surface area contributed by atoms with Gasteiger partial charge in [-0.15, -0.1) is 11.3 Å². The summed E-state index contributed by atoms with van der Waals surface area (Å²) in [4.78, 5) is 33.5. The van der Waals surface area contributed by atoms with Crippen molar-refractivity contribution in [2.24, 2.45) is 0 Å². The first-order valence-corrected chi connectivity index (χ1v) is 13.0. The van der Waals surface area contributed by atoms with E-state index >= 15 is 0 Å². The molecule has 10 nitrogen and oxygen atoms in total. The molecule has 0 aliphatic heterocycles. The lowest BCUT2D eigenvalue weighted by Gasteiger charge is -2.14. The van der Waals surface area contributed by atoms with Crippen molar-refractivity contribution in [3.8, 4) is 22.4 Å². The monoisotopic (exact) mass is 511 g/mol. The fraction of sp³-hybridized carbons (Fsp3) is 0.130. The van der Waals surface area contributed by atoms with Gasteiger partial charge in [-0.05, 0) is 35.4 Å². The van der Waals surface area contributed by atoms with Crippen LogP contribution in [-0.2, 0) is 14.8 Å². The molecule has 35 heavy (non-hydrogen) atoms. The maximum atomic E-state index is 12.6. The van der Waals surface area contributed by atoms with E-state index in [1.807, 2.05) is 36.4 Å². The number of anilines is 1. The van der Waals surface area contributed by atoms with Crippen molar-refractivity contribution in [2.45, 2.75) is 6.04 Å². The second-order valence-electron chi connectivity index (χ2n) is 7.55. The van der Waals surface area contributed by atoms with Crippen LogP contribution in [0, 0.1) is 0 Å². The molecule has 0 fully saturated rings. The Morgan fingerprint density at radius 3 is 2.54 bits per heavy atom. The summed E-state index contributed by atoms with van der Waals surface area (Å²) in [7, 11) is -3.55. The fourth-order valence-corrected chi connectivity index (χ4v) is 4.52. The molecule has 3 heterocycles. The van der Waals surface area contributed by atoms with Crippen LogP contribution >= 0.6 is 11.3 Å². The molecule has 2 amide bonds. The number of nitrogens with zero attached hydrogens (tertiary/aromatic N) is 3. The van der Waals surface area contributed by atoms with Gasteiger partial charge in [-0.2, -0.15) is 0 Å². The Morgan fingerprint density at radius 1 is 1.11 bits per heavy atom. The minimum atomic E-state index is -3.55. The molecule has 12 heteroatoms. The zero-order chi connectivity index (χ0) is 25.0. The van der Waals surface area contributed by atoms with Gasteiger partial charge in [0.15, 0.2) is 5.13 Å². The van der Waals surface area contributed by atoms with Crippen molar-refractivity contribution in [1.82, 2.24) is 19.3 Å². The van der Waals surface area contributed by atoms with Crippen molar-refractivity contribution >= 4 is 38.3 Å². The van der Waals surface area contributed by atoms with Gasteiger partial charge in [0.05, 0.1) is 24.1 Å². The van der Waals surface area contributed by atoms with E-state index in [4.69, 9.17) is 0 Å². The molecule has 180 valence electrons. The average Bonchev–Trinajstić information content (AvgIpc) is 3.53. The van der Waals surface area contributed by atoms with Gasteiger partial charge in [-0.25, -0.2) is 13.4 Å². The average molecular weight is 512 g/mol. The molecule has 3 N–H and O–H groups in total. The predicted octanol–water partition coefficient (Wildman–Crippen LogP) is 2.21. The number of carbonyl (C=O) groups is 2. The van der Waals surface area contributed by atoms with Gasteiger partial charge in [0.2, 0.25) is 10.0 Å². The topological polar surface area (TPSA) is 143 Å². The van der Waals surface area contributed by atoms with Crippen molar-refractivity contribution in [1.29, 1.82) is 0 Å². The summed E-state index contributed by atoms with van der Waals surface area (Å²) in [5, 5.41) is 16.7. The van der Waals surface area contributed by atoms with E-state index in [1.165, 1.54) is 23.6 Å². The molecule has 1 unspecified atom stereocenters. The number of amides is 2. The minimum absolute atomic E-state index is 0.0345. The smallest absolute Gasteiger partial charge is 0.253 e. The fourth-order valence-electron chi connectivity index (χ4n) is 3.21. The number of hydrogen-bond donors (Lipinski definition) is 3. The van der Waals surface area contributed by atoms with Crippen molar-refractivity contribution in [3.05, 3.63) is 78.2 Å². The number of nitrogens with one attached hydrogen (secondary N) is 2. The van der Waals surface area contributed by atoms with Crippen LogP contribution in [0.1, 0.15) is 10.4 Å². The van der Waals surface area contributed by atoms with Crippen LogP contribution in [0.3, 0.4) is 0 Å². The summed E-state index contributed by atoms with van der Waals surface area (Å²) in [6.45, 7) is -0.656. The van der Waals surface area contributed by atoms with Gasteiger partial charge in [-0.1, -0.05) is 18.2 Å². The number of pyridine rings is 1. The van der Waals surface area contributed by atoms with Crippen molar-refractivity contribution in [2.75, 3.05) is 18.2 Å². The zero-order valence-electron chi connectivity index (χ0n) is 18.5. The normalized spacial score (nSPS) is 12.2. The minimum Gasteiger partial charge on any atom is -0.394 e. The lowest BCUT2D eigenvalue weighted by atomic mass is 10.0. The summed E-state index contributed by atoms with van der Waals surface area (Å²) >= 11 is 1.21. The van der Waals surface area contributed by atoms with Crippen molar-refractivity contribution < 1.29 is 23.1 Å². The number of benzene rings is 1. The Bertz CT molecular complexity index is 1460. The van der Waals surface area contributed by atoms with Gasteiger partial charge in [0.25, 0.3) is 11.8 Å². The van der Waals surface area contributed by atoms with Crippen LogP contribution in [0.2, 0.25) is 0 Å². The van der Waals surface area contributed by atoms with E-state index in [0.29, 0.717) is 10.8 Å². The largest absolute Gasteiger partial charge is 0.394 e. The van der Waals surface area contributed by atoms with E-state index in [0.717, 1.165) is 33.1 Å². The number of rotatable bonds is 8. The second kappa shape index (κ2) is 10.2. The molecule has 0 aliphatic rings. The molecule has 0 aliphatic carbocycles. The molecule has 0 saturated carbocycles.